The molecular weight excluding hydrogens is 258 g/mol. The summed E-state index contributed by atoms with van der Waals surface area (Å²) in [7, 11) is 0. The SMILES string of the molecule is O=C(Cl)C1NCCc2c(-c3ccccc3)cccc21. The van der Waals surface area contributed by atoms with Crippen molar-refractivity contribution in [2.75, 3.05) is 6.54 Å². The Morgan fingerprint density at radius 3 is 2.63 bits per heavy atom. The summed E-state index contributed by atoms with van der Waals surface area (Å²) in [5.74, 6) is 0. The highest BCUT2D eigenvalue weighted by molar-refractivity contribution is 6.64. The first kappa shape index (κ1) is 12.4. The number of carbonyl (C=O) groups excluding carboxylic acids is 1. The smallest absolute Gasteiger partial charge is 0.243 e. The molecule has 1 unspecified atom stereocenters. The molecule has 0 radical (unpaired) electrons. The number of rotatable bonds is 2. The number of fused-ring (bicyclic) bond motifs is 1. The highest BCUT2D eigenvalue weighted by Gasteiger charge is 2.26. The Morgan fingerprint density at radius 1 is 1.11 bits per heavy atom. The van der Waals surface area contributed by atoms with Crippen molar-refractivity contribution in [2.24, 2.45) is 0 Å². The van der Waals surface area contributed by atoms with Gasteiger partial charge in [0.05, 0.1) is 0 Å². The maximum atomic E-state index is 11.5. The molecule has 3 heteroatoms. The topological polar surface area (TPSA) is 29.1 Å². The molecule has 1 aliphatic rings. The lowest BCUT2D eigenvalue weighted by molar-refractivity contribution is -0.113. The minimum Gasteiger partial charge on any atom is -0.302 e. The van der Waals surface area contributed by atoms with Crippen molar-refractivity contribution in [1.29, 1.82) is 0 Å². The molecule has 1 heterocycles. The minimum atomic E-state index is -0.380. The van der Waals surface area contributed by atoms with Crippen molar-refractivity contribution in [2.45, 2.75) is 12.5 Å². The third-order valence-corrected chi connectivity index (χ3v) is 3.78. The standard InChI is InChI=1S/C16H14ClNO/c17-16(19)15-14-8-4-7-12(13(14)9-10-18-15)11-5-2-1-3-6-11/h1-8,15,18H,9-10H2. The van der Waals surface area contributed by atoms with E-state index < -0.39 is 0 Å². The Balaban J connectivity index is 2.14. The van der Waals surface area contributed by atoms with Gasteiger partial charge in [0.15, 0.2) is 0 Å². The summed E-state index contributed by atoms with van der Waals surface area (Å²) >= 11 is 5.68. The lowest BCUT2D eigenvalue weighted by atomic mass is 9.88. The Hall–Kier alpha value is -1.64. The lowest BCUT2D eigenvalue weighted by Crippen LogP contribution is -2.33. The molecule has 2 aromatic carbocycles. The van der Waals surface area contributed by atoms with Gasteiger partial charge in [0.2, 0.25) is 5.24 Å². The molecule has 1 aliphatic heterocycles. The van der Waals surface area contributed by atoms with Crippen LogP contribution in [-0.4, -0.2) is 11.8 Å². The number of halogens is 1. The summed E-state index contributed by atoms with van der Waals surface area (Å²) in [5, 5.41) is 2.83. The molecule has 0 saturated heterocycles. The minimum absolute atomic E-state index is 0.342. The Bertz CT molecular complexity index is 609. The third kappa shape index (κ3) is 2.29. The van der Waals surface area contributed by atoms with Gasteiger partial charge in [-0.3, -0.25) is 4.79 Å². The van der Waals surface area contributed by atoms with Crippen LogP contribution in [-0.2, 0) is 11.2 Å². The van der Waals surface area contributed by atoms with Gasteiger partial charge in [-0.25, -0.2) is 0 Å². The van der Waals surface area contributed by atoms with Crippen LogP contribution in [0.15, 0.2) is 48.5 Å². The van der Waals surface area contributed by atoms with Crippen LogP contribution in [0, 0.1) is 0 Å². The summed E-state index contributed by atoms with van der Waals surface area (Å²) in [6, 6.07) is 15.9. The van der Waals surface area contributed by atoms with Gasteiger partial charge in [-0.2, -0.15) is 0 Å². The van der Waals surface area contributed by atoms with Gasteiger partial charge in [0, 0.05) is 6.54 Å². The highest BCUT2D eigenvalue weighted by Crippen LogP contribution is 2.32. The van der Waals surface area contributed by atoms with Gasteiger partial charge in [-0.15, -0.1) is 0 Å². The van der Waals surface area contributed by atoms with E-state index >= 15 is 0 Å². The van der Waals surface area contributed by atoms with Crippen LogP contribution >= 0.6 is 11.6 Å². The molecule has 3 rings (SSSR count). The Kier molecular flexibility index (Phi) is 3.36. The van der Waals surface area contributed by atoms with E-state index in [9.17, 15) is 4.79 Å². The fourth-order valence-corrected chi connectivity index (χ4v) is 2.89. The van der Waals surface area contributed by atoms with E-state index in [0.717, 1.165) is 18.5 Å². The maximum absolute atomic E-state index is 11.5. The second-order valence-corrected chi connectivity index (χ2v) is 5.05. The molecule has 0 saturated carbocycles. The zero-order chi connectivity index (χ0) is 13.2. The number of hydrogen-bond donors (Lipinski definition) is 1. The molecule has 0 aliphatic carbocycles. The first-order valence-electron chi connectivity index (χ1n) is 6.37. The summed E-state index contributed by atoms with van der Waals surface area (Å²) in [5.41, 5.74) is 4.61. The van der Waals surface area contributed by atoms with Crippen molar-refractivity contribution in [3.63, 3.8) is 0 Å². The summed E-state index contributed by atoms with van der Waals surface area (Å²) in [6.45, 7) is 0.778. The number of nitrogens with one attached hydrogen (secondary N) is 1. The average Bonchev–Trinajstić information content (AvgIpc) is 2.46. The van der Waals surface area contributed by atoms with Crippen molar-refractivity contribution < 1.29 is 4.79 Å². The summed E-state index contributed by atoms with van der Waals surface area (Å²) in [6.07, 6.45) is 0.918. The molecule has 1 atom stereocenters. The number of carbonyl (C=O) groups is 1. The van der Waals surface area contributed by atoms with E-state index in [0.29, 0.717) is 0 Å². The number of benzene rings is 2. The molecule has 2 aromatic rings. The molecule has 0 bridgehead atoms. The fourth-order valence-electron chi connectivity index (χ4n) is 2.70. The average molecular weight is 272 g/mol. The second-order valence-electron chi connectivity index (χ2n) is 4.68. The largest absolute Gasteiger partial charge is 0.302 e. The van der Waals surface area contributed by atoms with Gasteiger partial charge in [-0.05, 0) is 40.3 Å². The normalized spacial score (nSPS) is 17.8. The summed E-state index contributed by atoms with van der Waals surface area (Å²) in [4.78, 5) is 11.5. The zero-order valence-electron chi connectivity index (χ0n) is 10.4. The molecular formula is C16H14ClNO. The van der Waals surface area contributed by atoms with Crippen LogP contribution in [0.1, 0.15) is 17.2 Å². The molecule has 0 amide bonds. The predicted molar refractivity (Wildman–Crippen MR) is 77.2 cm³/mol. The monoisotopic (exact) mass is 271 g/mol. The third-order valence-electron chi connectivity index (χ3n) is 3.56. The Labute approximate surface area is 117 Å². The van der Waals surface area contributed by atoms with E-state index in [1.807, 2.05) is 30.3 Å². The predicted octanol–water partition coefficient (Wildman–Crippen LogP) is 3.31. The van der Waals surface area contributed by atoms with Gasteiger partial charge < -0.3 is 5.32 Å². The quantitative estimate of drug-likeness (QED) is 0.849. The first-order valence-corrected chi connectivity index (χ1v) is 6.75. The van der Waals surface area contributed by atoms with Crippen LogP contribution < -0.4 is 5.32 Å². The molecule has 0 aromatic heterocycles. The fraction of sp³-hybridized carbons (Fsp3) is 0.188. The van der Waals surface area contributed by atoms with Crippen LogP contribution in [0.25, 0.3) is 11.1 Å². The zero-order valence-corrected chi connectivity index (χ0v) is 11.2. The van der Waals surface area contributed by atoms with E-state index in [1.54, 1.807) is 0 Å². The van der Waals surface area contributed by atoms with Crippen LogP contribution in [0.3, 0.4) is 0 Å². The van der Waals surface area contributed by atoms with Crippen molar-refractivity contribution in [3.05, 3.63) is 59.7 Å². The molecule has 96 valence electrons. The second kappa shape index (κ2) is 5.16. The Morgan fingerprint density at radius 2 is 1.89 bits per heavy atom. The highest BCUT2D eigenvalue weighted by atomic mass is 35.5. The lowest BCUT2D eigenvalue weighted by Gasteiger charge is -2.26. The maximum Gasteiger partial charge on any atom is 0.243 e. The summed E-state index contributed by atoms with van der Waals surface area (Å²) < 4.78 is 0. The molecule has 0 fully saturated rings. The number of hydrogen-bond acceptors (Lipinski definition) is 2. The van der Waals surface area contributed by atoms with E-state index in [1.165, 1.54) is 16.7 Å². The molecule has 19 heavy (non-hydrogen) atoms. The van der Waals surface area contributed by atoms with Gasteiger partial charge in [0.25, 0.3) is 0 Å². The van der Waals surface area contributed by atoms with Crippen molar-refractivity contribution in [3.8, 4) is 11.1 Å². The van der Waals surface area contributed by atoms with E-state index in [4.69, 9.17) is 11.6 Å². The first-order chi connectivity index (χ1) is 9.27. The van der Waals surface area contributed by atoms with Gasteiger partial charge in [0.1, 0.15) is 6.04 Å². The van der Waals surface area contributed by atoms with E-state index in [2.05, 4.69) is 23.5 Å². The molecule has 1 N–H and O–H groups in total. The molecule has 2 nitrogen and oxygen atoms in total. The van der Waals surface area contributed by atoms with Crippen LogP contribution in [0.2, 0.25) is 0 Å². The molecule has 0 spiro atoms. The van der Waals surface area contributed by atoms with Crippen molar-refractivity contribution in [1.82, 2.24) is 5.32 Å². The van der Waals surface area contributed by atoms with Crippen LogP contribution in [0.4, 0.5) is 0 Å². The van der Waals surface area contributed by atoms with E-state index in [-0.39, 0.29) is 11.3 Å². The van der Waals surface area contributed by atoms with Crippen molar-refractivity contribution >= 4 is 16.8 Å². The van der Waals surface area contributed by atoms with Gasteiger partial charge >= 0.3 is 0 Å². The van der Waals surface area contributed by atoms with Crippen LogP contribution in [0.5, 0.6) is 0 Å². The van der Waals surface area contributed by atoms with Gasteiger partial charge in [-0.1, -0.05) is 48.5 Å².